The first-order valence-corrected chi connectivity index (χ1v) is 11.4. The van der Waals surface area contributed by atoms with Gasteiger partial charge in [-0.05, 0) is 41.1 Å². The van der Waals surface area contributed by atoms with Gasteiger partial charge in [-0.25, -0.2) is 0 Å². The van der Waals surface area contributed by atoms with Gasteiger partial charge in [0.2, 0.25) is 0 Å². The largest absolute Gasteiger partial charge is 0.265 e. The molecule has 3 heterocycles. The van der Waals surface area contributed by atoms with E-state index in [0.29, 0.717) is 0 Å². The molecule has 0 radical (unpaired) electrons. The van der Waals surface area contributed by atoms with Gasteiger partial charge in [-0.15, -0.1) is 0 Å². The lowest BCUT2D eigenvalue weighted by Gasteiger charge is -1.91. The molecule has 2 aromatic carbocycles. The van der Waals surface area contributed by atoms with Crippen LogP contribution in [-0.4, -0.2) is 15.0 Å². The summed E-state index contributed by atoms with van der Waals surface area (Å²) in [6.07, 6.45) is 8.99. The van der Waals surface area contributed by atoms with E-state index in [2.05, 4.69) is 39.2 Å². The summed E-state index contributed by atoms with van der Waals surface area (Å²) in [5.41, 5.74) is 1.06. The molecule has 0 aliphatic heterocycles. The molecule has 0 fully saturated rings. The van der Waals surface area contributed by atoms with E-state index in [-0.39, 0.29) is 0 Å². The number of pyridine rings is 3. The van der Waals surface area contributed by atoms with Crippen molar-refractivity contribution in [2.75, 3.05) is 0 Å². The first kappa shape index (κ1) is 28.4. The SMILES string of the molecule is CC.CC.CC.c1ccc2cnccc2c1.c1ccc2ncccc2c1.c1ccncc1. The number of nitrogens with zero attached hydrogens (tertiary/aromatic N) is 3. The zero-order chi connectivity index (χ0) is 23.9. The van der Waals surface area contributed by atoms with Crippen molar-refractivity contribution in [1.82, 2.24) is 15.0 Å². The first-order valence-electron chi connectivity index (χ1n) is 11.4. The third-order valence-corrected chi connectivity index (χ3v) is 3.63. The van der Waals surface area contributed by atoms with E-state index in [1.807, 2.05) is 121 Å². The maximum absolute atomic E-state index is 4.18. The Morgan fingerprint density at radius 1 is 0.406 bits per heavy atom. The third kappa shape index (κ3) is 11.6. The van der Waals surface area contributed by atoms with Crippen LogP contribution in [0, 0.1) is 0 Å². The van der Waals surface area contributed by atoms with Gasteiger partial charge in [0.05, 0.1) is 5.52 Å². The Kier molecular flexibility index (Phi) is 18.4. The van der Waals surface area contributed by atoms with Gasteiger partial charge in [0.1, 0.15) is 0 Å². The molecule has 5 rings (SSSR count). The third-order valence-electron chi connectivity index (χ3n) is 3.63. The van der Waals surface area contributed by atoms with Crippen LogP contribution in [0.15, 0.2) is 116 Å². The molecule has 0 aliphatic rings. The molecule has 0 bridgehead atoms. The van der Waals surface area contributed by atoms with Crippen LogP contribution in [0.1, 0.15) is 41.5 Å². The highest BCUT2D eigenvalue weighted by atomic mass is 14.6. The van der Waals surface area contributed by atoms with E-state index < -0.39 is 0 Å². The molecule has 0 saturated carbocycles. The van der Waals surface area contributed by atoms with Gasteiger partial charge in [0, 0.05) is 36.4 Å². The molecule has 0 amide bonds. The highest BCUT2D eigenvalue weighted by Gasteiger charge is 1.87. The standard InChI is InChI=1S/2C9H7N.C5H5N.3C2H6/c1-2-6-9-8(4-1)5-3-7-10-9;1-2-4-9-7-10-6-5-8(9)3-1;1-2-4-6-5-3-1;3*1-2/h2*1-7H;1-5H;3*1-2H3. The van der Waals surface area contributed by atoms with Gasteiger partial charge in [-0.2, -0.15) is 0 Å². The molecular weight excluding hydrogens is 390 g/mol. The van der Waals surface area contributed by atoms with E-state index in [4.69, 9.17) is 0 Å². The Morgan fingerprint density at radius 2 is 0.969 bits per heavy atom. The second-order valence-corrected chi connectivity index (χ2v) is 5.44. The number of benzene rings is 2. The van der Waals surface area contributed by atoms with E-state index in [0.717, 1.165) is 5.52 Å². The highest BCUT2D eigenvalue weighted by molar-refractivity contribution is 5.81. The molecular formula is C29H37N3. The molecule has 0 saturated heterocycles. The fourth-order valence-electron chi connectivity index (χ4n) is 2.36. The lowest BCUT2D eigenvalue weighted by Crippen LogP contribution is -1.73. The van der Waals surface area contributed by atoms with Crippen LogP contribution >= 0.6 is 0 Å². The van der Waals surface area contributed by atoms with Crippen molar-refractivity contribution in [1.29, 1.82) is 0 Å². The average molecular weight is 428 g/mol. The van der Waals surface area contributed by atoms with Crippen molar-refractivity contribution in [3.8, 4) is 0 Å². The molecule has 0 atom stereocenters. The number of hydrogen-bond acceptors (Lipinski definition) is 3. The van der Waals surface area contributed by atoms with Crippen molar-refractivity contribution < 1.29 is 0 Å². The minimum absolute atomic E-state index is 1.06. The van der Waals surface area contributed by atoms with Crippen molar-refractivity contribution in [2.24, 2.45) is 0 Å². The summed E-state index contributed by atoms with van der Waals surface area (Å²) in [4.78, 5) is 12.0. The molecule has 0 spiro atoms. The fourth-order valence-corrected chi connectivity index (χ4v) is 2.36. The normalized spacial score (nSPS) is 8.31. The minimum Gasteiger partial charge on any atom is -0.265 e. The Bertz CT molecular complexity index is 818. The minimum atomic E-state index is 1.06. The summed E-state index contributed by atoms with van der Waals surface area (Å²) in [7, 11) is 0. The topological polar surface area (TPSA) is 38.7 Å². The molecule has 168 valence electrons. The summed E-state index contributed by atoms with van der Waals surface area (Å²) in [6.45, 7) is 12.0. The number of para-hydroxylation sites is 1. The van der Waals surface area contributed by atoms with E-state index in [1.165, 1.54) is 16.2 Å². The van der Waals surface area contributed by atoms with Crippen LogP contribution in [0.25, 0.3) is 21.7 Å². The maximum Gasteiger partial charge on any atom is 0.0701 e. The molecule has 3 nitrogen and oxygen atoms in total. The van der Waals surface area contributed by atoms with Gasteiger partial charge < -0.3 is 0 Å². The second kappa shape index (κ2) is 20.7. The quantitative estimate of drug-likeness (QED) is 0.248. The van der Waals surface area contributed by atoms with Crippen molar-refractivity contribution in [3.63, 3.8) is 0 Å². The maximum atomic E-state index is 4.18. The van der Waals surface area contributed by atoms with Gasteiger partial charge in [0.25, 0.3) is 0 Å². The van der Waals surface area contributed by atoms with E-state index in [1.54, 1.807) is 12.4 Å². The Morgan fingerprint density at radius 3 is 1.50 bits per heavy atom. The zero-order valence-corrected chi connectivity index (χ0v) is 20.3. The average Bonchev–Trinajstić information content (AvgIpc) is 2.94. The molecule has 32 heavy (non-hydrogen) atoms. The number of rotatable bonds is 0. The number of hydrogen-bond donors (Lipinski definition) is 0. The van der Waals surface area contributed by atoms with Gasteiger partial charge in [-0.1, -0.05) is 96.1 Å². The zero-order valence-electron chi connectivity index (χ0n) is 20.3. The van der Waals surface area contributed by atoms with Crippen LogP contribution in [0.3, 0.4) is 0 Å². The van der Waals surface area contributed by atoms with Crippen LogP contribution in [0.5, 0.6) is 0 Å². The smallest absolute Gasteiger partial charge is 0.0701 e. The molecule has 0 aliphatic carbocycles. The highest BCUT2D eigenvalue weighted by Crippen LogP contribution is 2.09. The summed E-state index contributed by atoms with van der Waals surface area (Å²) in [5.74, 6) is 0. The molecule has 3 heteroatoms. The summed E-state index contributed by atoms with van der Waals surface area (Å²) >= 11 is 0. The van der Waals surface area contributed by atoms with E-state index in [9.17, 15) is 0 Å². The monoisotopic (exact) mass is 427 g/mol. The predicted molar refractivity (Wildman–Crippen MR) is 142 cm³/mol. The second-order valence-electron chi connectivity index (χ2n) is 5.44. The lowest BCUT2D eigenvalue weighted by atomic mass is 10.2. The molecule has 3 aromatic heterocycles. The number of aromatic nitrogens is 3. The number of fused-ring (bicyclic) bond motifs is 2. The van der Waals surface area contributed by atoms with Crippen molar-refractivity contribution in [3.05, 3.63) is 116 Å². The van der Waals surface area contributed by atoms with Crippen LogP contribution in [-0.2, 0) is 0 Å². The Balaban J connectivity index is 0.000000413. The molecule has 0 N–H and O–H groups in total. The molecule has 0 unspecified atom stereocenters. The Hall–Kier alpha value is -3.59. The van der Waals surface area contributed by atoms with Crippen LogP contribution < -0.4 is 0 Å². The van der Waals surface area contributed by atoms with Gasteiger partial charge in [0.15, 0.2) is 0 Å². The van der Waals surface area contributed by atoms with E-state index >= 15 is 0 Å². The van der Waals surface area contributed by atoms with Crippen LogP contribution in [0.4, 0.5) is 0 Å². The fraction of sp³-hybridized carbons (Fsp3) is 0.207. The first-order chi connectivity index (χ1) is 15.9. The van der Waals surface area contributed by atoms with Crippen molar-refractivity contribution >= 4 is 21.7 Å². The molecule has 5 aromatic rings. The summed E-state index contributed by atoms with van der Waals surface area (Å²) in [5, 5.41) is 3.65. The van der Waals surface area contributed by atoms with Gasteiger partial charge >= 0.3 is 0 Å². The summed E-state index contributed by atoms with van der Waals surface area (Å²) in [6, 6.07) is 28.0. The lowest BCUT2D eigenvalue weighted by molar-refractivity contribution is 1.33. The van der Waals surface area contributed by atoms with Gasteiger partial charge in [-0.3, -0.25) is 15.0 Å². The Labute approximate surface area is 194 Å². The van der Waals surface area contributed by atoms with Crippen LogP contribution in [0.2, 0.25) is 0 Å². The summed E-state index contributed by atoms with van der Waals surface area (Å²) < 4.78 is 0. The van der Waals surface area contributed by atoms with Crippen molar-refractivity contribution in [2.45, 2.75) is 41.5 Å². The predicted octanol–water partition coefficient (Wildman–Crippen LogP) is 8.63.